The molecule has 3 saturated heterocycles. The van der Waals surface area contributed by atoms with Crippen molar-refractivity contribution in [3.63, 3.8) is 0 Å². The minimum Gasteiger partial charge on any atom is -0.396 e. The van der Waals surface area contributed by atoms with Crippen LogP contribution in [0.2, 0.25) is 0 Å². The molecule has 2 nitrogen and oxygen atoms in total. The molecule has 0 saturated carbocycles. The van der Waals surface area contributed by atoms with E-state index in [1.54, 1.807) is 0 Å². The van der Waals surface area contributed by atoms with E-state index >= 15 is 0 Å². The minimum atomic E-state index is 0.189. The summed E-state index contributed by atoms with van der Waals surface area (Å²) in [4.78, 5) is 2.32. The average Bonchev–Trinajstić information content (AvgIpc) is 2.06. The van der Waals surface area contributed by atoms with Crippen molar-refractivity contribution >= 4 is 7.85 Å². The Balaban J connectivity index is 2.12. The summed E-state index contributed by atoms with van der Waals surface area (Å²) in [7, 11) is 5.90. The van der Waals surface area contributed by atoms with Gasteiger partial charge in [0.15, 0.2) is 0 Å². The molecule has 60 valence electrons. The summed E-state index contributed by atoms with van der Waals surface area (Å²) in [6.07, 6.45) is 3.26. The number of fused-ring (bicyclic) bond motifs is 3. The maximum Gasteiger partial charge on any atom is 0.0910 e. The maximum atomic E-state index is 9.21. The fraction of sp³-hybridized carbons (Fsp3) is 1.00. The molecule has 0 aliphatic carbocycles. The van der Waals surface area contributed by atoms with Crippen LogP contribution in [0.5, 0.6) is 0 Å². The fourth-order valence-electron chi connectivity index (χ4n) is 2.33. The summed E-state index contributed by atoms with van der Waals surface area (Å²) in [5.41, 5.74) is 0.189. The second kappa shape index (κ2) is 2.49. The number of aliphatic hydroxyl groups is 1. The van der Waals surface area contributed by atoms with Crippen molar-refractivity contribution in [2.75, 3.05) is 19.7 Å². The largest absolute Gasteiger partial charge is 0.396 e. The van der Waals surface area contributed by atoms with E-state index in [0.717, 1.165) is 32.4 Å². The first kappa shape index (κ1) is 7.62. The van der Waals surface area contributed by atoms with E-state index in [4.69, 9.17) is 7.85 Å². The number of aliphatic hydroxyl groups excluding tert-OH is 1. The lowest BCUT2D eigenvalue weighted by Crippen LogP contribution is -2.55. The minimum absolute atomic E-state index is 0.189. The smallest absolute Gasteiger partial charge is 0.0910 e. The SMILES string of the molecule is [B]C1CC2(CO)CCN1CC2. The first-order valence-electron chi connectivity index (χ1n) is 4.36. The highest BCUT2D eigenvalue weighted by molar-refractivity contribution is 6.11. The summed E-state index contributed by atoms with van der Waals surface area (Å²) < 4.78 is 0. The van der Waals surface area contributed by atoms with Gasteiger partial charge in [-0.15, -0.1) is 0 Å². The summed E-state index contributed by atoms with van der Waals surface area (Å²) in [6.45, 7) is 2.50. The summed E-state index contributed by atoms with van der Waals surface area (Å²) in [5, 5.41) is 9.21. The van der Waals surface area contributed by atoms with E-state index < -0.39 is 0 Å². The monoisotopic (exact) mass is 151 g/mol. The van der Waals surface area contributed by atoms with Gasteiger partial charge in [0.25, 0.3) is 0 Å². The number of nitrogens with zero attached hydrogens (tertiary/aromatic N) is 1. The van der Waals surface area contributed by atoms with Gasteiger partial charge in [-0.05, 0) is 43.7 Å². The second-order valence-electron chi connectivity index (χ2n) is 3.97. The maximum absolute atomic E-state index is 9.21. The highest BCUT2D eigenvalue weighted by Gasteiger charge is 2.41. The van der Waals surface area contributed by atoms with Crippen molar-refractivity contribution in [2.24, 2.45) is 5.41 Å². The van der Waals surface area contributed by atoms with Crippen LogP contribution in [-0.2, 0) is 0 Å². The molecule has 0 spiro atoms. The molecule has 0 aromatic heterocycles. The Labute approximate surface area is 69.0 Å². The van der Waals surface area contributed by atoms with Gasteiger partial charge in [0.2, 0.25) is 0 Å². The quantitative estimate of drug-likeness (QED) is 0.531. The van der Waals surface area contributed by atoms with Crippen LogP contribution in [0.1, 0.15) is 19.3 Å². The third-order valence-electron chi connectivity index (χ3n) is 3.31. The summed E-state index contributed by atoms with van der Waals surface area (Å²) in [6, 6.07) is 0. The molecule has 2 bridgehead atoms. The van der Waals surface area contributed by atoms with Gasteiger partial charge in [0, 0.05) is 6.61 Å². The van der Waals surface area contributed by atoms with Gasteiger partial charge in [-0.3, -0.25) is 0 Å². The van der Waals surface area contributed by atoms with Crippen molar-refractivity contribution in [3.05, 3.63) is 0 Å². The van der Waals surface area contributed by atoms with Crippen molar-refractivity contribution < 1.29 is 5.11 Å². The highest BCUT2D eigenvalue weighted by atomic mass is 16.3. The molecule has 3 aliphatic rings. The molecule has 0 amide bonds. The van der Waals surface area contributed by atoms with E-state index in [1.807, 2.05) is 0 Å². The fourth-order valence-corrected chi connectivity index (χ4v) is 2.33. The van der Waals surface area contributed by atoms with Crippen LogP contribution >= 0.6 is 0 Å². The molecular weight excluding hydrogens is 137 g/mol. The number of hydrogen-bond donors (Lipinski definition) is 1. The van der Waals surface area contributed by atoms with Crippen LogP contribution in [-0.4, -0.2) is 43.5 Å². The zero-order valence-corrected chi connectivity index (χ0v) is 6.79. The van der Waals surface area contributed by atoms with Gasteiger partial charge < -0.3 is 10.0 Å². The molecule has 1 atom stereocenters. The zero-order chi connectivity index (χ0) is 7.90. The summed E-state index contributed by atoms with van der Waals surface area (Å²) in [5.74, 6) is 0.213. The van der Waals surface area contributed by atoms with Crippen molar-refractivity contribution in [1.29, 1.82) is 0 Å². The Morgan fingerprint density at radius 1 is 1.45 bits per heavy atom. The molecule has 3 rings (SSSR count). The van der Waals surface area contributed by atoms with Crippen molar-refractivity contribution in [3.8, 4) is 0 Å². The van der Waals surface area contributed by atoms with E-state index in [0.29, 0.717) is 6.61 Å². The summed E-state index contributed by atoms with van der Waals surface area (Å²) >= 11 is 0. The number of rotatable bonds is 1. The van der Waals surface area contributed by atoms with E-state index in [1.165, 1.54) is 0 Å². The Bertz CT molecular complexity index is 154. The molecule has 2 radical (unpaired) electrons. The molecule has 3 heteroatoms. The standard InChI is InChI=1S/C8H14BNO/c9-7-5-8(6-11)1-3-10(7)4-2-8/h7,11H,1-6H2. The second-order valence-corrected chi connectivity index (χ2v) is 3.97. The van der Waals surface area contributed by atoms with E-state index in [-0.39, 0.29) is 11.4 Å². The number of piperidine rings is 3. The van der Waals surface area contributed by atoms with Crippen LogP contribution in [0.4, 0.5) is 0 Å². The lowest BCUT2D eigenvalue weighted by Gasteiger charge is -2.51. The Morgan fingerprint density at radius 3 is 2.45 bits per heavy atom. The van der Waals surface area contributed by atoms with E-state index in [2.05, 4.69) is 4.90 Å². The van der Waals surface area contributed by atoms with Crippen LogP contribution in [0.25, 0.3) is 0 Å². The van der Waals surface area contributed by atoms with Gasteiger partial charge >= 0.3 is 0 Å². The van der Waals surface area contributed by atoms with E-state index in [9.17, 15) is 5.11 Å². The molecule has 11 heavy (non-hydrogen) atoms. The predicted molar refractivity (Wildman–Crippen MR) is 44.5 cm³/mol. The Morgan fingerprint density at radius 2 is 2.09 bits per heavy atom. The van der Waals surface area contributed by atoms with Crippen LogP contribution < -0.4 is 0 Å². The topological polar surface area (TPSA) is 23.5 Å². The molecule has 1 unspecified atom stereocenters. The molecule has 3 fully saturated rings. The molecule has 0 aromatic rings. The van der Waals surface area contributed by atoms with Gasteiger partial charge in [-0.2, -0.15) is 0 Å². The number of hydrogen-bond acceptors (Lipinski definition) is 2. The zero-order valence-electron chi connectivity index (χ0n) is 6.79. The third kappa shape index (κ3) is 1.11. The van der Waals surface area contributed by atoms with Gasteiger partial charge in [0.05, 0.1) is 7.85 Å². The van der Waals surface area contributed by atoms with Crippen LogP contribution in [0.15, 0.2) is 0 Å². The lowest BCUT2D eigenvalue weighted by atomic mass is 9.65. The lowest BCUT2D eigenvalue weighted by molar-refractivity contribution is -0.0279. The van der Waals surface area contributed by atoms with Crippen LogP contribution in [0.3, 0.4) is 0 Å². The van der Waals surface area contributed by atoms with Crippen molar-refractivity contribution in [2.45, 2.75) is 25.2 Å². The van der Waals surface area contributed by atoms with Crippen LogP contribution in [0, 0.1) is 5.41 Å². The molecule has 3 aliphatic heterocycles. The first-order chi connectivity index (χ1) is 5.26. The first-order valence-corrected chi connectivity index (χ1v) is 4.36. The molecule has 0 aromatic carbocycles. The average molecular weight is 151 g/mol. The third-order valence-corrected chi connectivity index (χ3v) is 3.31. The van der Waals surface area contributed by atoms with Gasteiger partial charge in [0.1, 0.15) is 0 Å². The Kier molecular flexibility index (Phi) is 1.73. The molecular formula is C8H14BNO. The molecule has 3 heterocycles. The highest BCUT2D eigenvalue weighted by Crippen LogP contribution is 2.41. The van der Waals surface area contributed by atoms with Gasteiger partial charge in [-0.1, -0.05) is 0 Å². The normalized spacial score (nSPS) is 49.5. The van der Waals surface area contributed by atoms with Crippen molar-refractivity contribution in [1.82, 2.24) is 4.90 Å². The molecule has 1 N–H and O–H groups in total. The predicted octanol–water partition coefficient (Wildman–Crippen LogP) is -0.0408. The Hall–Kier alpha value is -0.0151. The van der Waals surface area contributed by atoms with Gasteiger partial charge in [-0.25, -0.2) is 0 Å².